The molecule has 132 valence electrons. The van der Waals surface area contributed by atoms with Gasteiger partial charge in [0.25, 0.3) is 5.91 Å². The third-order valence-corrected chi connectivity index (χ3v) is 4.93. The van der Waals surface area contributed by atoms with Crippen LogP contribution in [0.5, 0.6) is 0 Å². The number of carbonyl (C=O) groups excluding carboxylic acids is 1. The minimum Gasteiger partial charge on any atom is -0.343 e. The second kappa shape index (κ2) is 7.52. The standard InChI is InChI=1S/C21H22N4O/c26-21(19-11-10-16-6-4-5-9-18(16)14-19)24-20(15-25-22-12-13-23-25)17-7-2-1-3-8-17/h1-3,7-8,10-14,20H,4-6,9,15H2,(H,24,26). The van der Waals surface area contributed by atoms with Crippen molar-refractivity contribution in [2.75, 3.05) is 0 Å². The molecule has 3 aromatic rings. The van der Waals surface area contributed by atoms with Crippen molar-refractivity contribution in [1.29, 1.82) is 0 Å². The molecule has 1 heterocycles. The van der Waals surface area contributed by atoms with E-state index < -0.39 is 0 Å². The Bertz CT molecular complexity index is 874. The van der Waals surface area contributed by atoms with E-state index in [0.717, 1.165) is 24.0 Å². The molecule has 1 unspecified atom stereocenters. The van der Waals surface area contributed by atoms with Gasteiger partial charge >= 0.3 is 0 Å². The molecule has 26 heavy (non-hydrogen) atoms. The van der Waals surface area contributed by atoms with Gasteiger partial charge in [-0.25, -0.2) is 0 Å². The Labute approximate surface area is 153 Å². The van der Waals surface area contributed by atoms with Gasteiger partial charge in [0.05, 0.1) is 25.0 Å². The Balaban J connectivity index is 1.56. The monoisotopic (exact) mass is 346 g/mol. The molecule has 0 radical (unpaired) electrons. The Morgan fingerprint density at radius 1 is 1.00 bits per heavy atom. The minimum atomic E-state index is -0.188. The normalized spacial score (nSPS) is 14.5. The van der Waals surface area contributed by atoms with E-state index in [1.807, 2.05) is 36.4 Å². The van der Waals surface area contributed by atoms with Crippen LogP contribution in [0, 0.1) is 0 Å². The van der Waals surface area contributed by atoms with Gasteiger partial charge in [0.1, 0.15) is 0 Å². The lowest BCUT2D eigenvalue weighted by Gasteiger charge is -2.20. The first-order chi connectivity index (χ1) is 12.8. The maximum atomic E-state index is 12.9. The molecule has 5 heteroatoms. The first-order valence-corrected chi connectivity index (χ1v) is 9.11. The van der Waals surface area contributed by atoms with Crippen molar-refractivity contribution in [3.63, 3.8) is 0 Å². The Morgan fingerprint density at radius 3 is 2.50 bits per heavy atom. The van der Waals surface area contributed by atoms with Crippen LogP contribution in [0.25, 0.3) is 0 Å². The van der Waals surface area contributed by atoms with Gasteiger partial charge in [0, 0.05) is 5.56 Å². The fraction of sp³-hybridized carbons (Fsp3) is 0.286. The maximum absolute atomic E-state index is 12.9. The topological polar surface area (TPSA) is 59.8 Å². The molecule has 0 fully saturated rings. The molecule has 1 aromatic heterocycles. The summed E-state index contributed by atoms with van der Waals surface area (Å²) in [6.07, 6.45) is 7.92. The Morgan fingerprint density at radius 2 is 1.73 bits per heavy atom. The van der Waals surface area contributed by atoms with E-state index in [2.05, 4.69) is 27.6 Å². The number of hydrogen-bond donors (Lipinski definition) is 1. The molecule has 1 aliphatic rings. The number of rotatable bonds is 5. The number of aryl methyl sites for hydroxylation is 2. The van der Waals surface area contributed by atoms with E-state index in [-0.39, 0.29) is 11.9 Å². The summed E-state index contributed by atoms with van der Waals surface area (Å²) in [5.41, 5.74) is 4.46. The van der Waals surface area contributed by atoms with E-state index in [1.54, 1.807) is 17.2 Å². The highest BCUT2D eigenvalue weighted by Gasteiger charge is 2.18. The van der Waals surface area contributed by atoms with Crippen molar-refractivity contribution in [1.82, 2.24) is 20.3 Å². The van der Waals surface area contributed by atoms with Gasteiger partial charge in [-0.3, -0.25) is 4.79 Å². The van der Waals surface area contributed by atoms with E-state index >= 15 is 0 Å². The van der Waals surface area contributed by atoms with E-state index in [4.69, 9.17) is 0 Å². The lowest BCUT2D eigenvalue weighted by Crippen LogP contribution is -2.32. The maximum Gasteiger partial charge on any atom is 0.251 e. The molecular weight excluding hydrogens is 324 g/mol. The highest BCUT2D eigenvalue weighted by Crippen LogP contribution is 2.23. The lowest BCUT2D eigenvalue weighted by molar-refractivity contribution is 0.0930. The molecule has 1 aliphatic carbocycles. The highest BCUT2D eigenvalue weighted by atomic mass is 16.1. The van der Waals surface area contributed by atoms with Gasteiger partial charge in [-0.2, -0.15) is 15.0 Å². The summed E-state index contributed by atoms with van der Waals surface area (Å²) < 4.78 is 0. The predicted molar refractivity (Wildman–Crippen MR) is 99.8 cm³/mol. The number of aromatic nitrogens is 3. The number of amides is 1. The molecule has 0 bridgehead atoms. The zero-order chi connectivity index (χ0) is 17.8. The summed E-state index contributed by atoms with van der Waals surface area (Å²) >= 11 is 0. The minimum absolute atomic E-state index is 0.0561. The van der Waals surface area contributed by atoms with Gasteiger partial charge in [-0.1, -0.05) is 36.4 Å². The molecule has 0 spiro atoms. The first kappa shape index (κ1) is 16.5. The van der Waals surface area contributed by atoms with E-state index in [0.29, 0.717) is 6.54 Å². The second-order valence-corrected chi connectivity index (χ2v) is 6.71. The zero-order valence-corrected chi connectivity index (χ0v) is 14.6. The number of nitrogens with zero attached hydrogens (tertiary/aromatic N) is 3. The predicted octanol–water partition coefficient (Wildman–Crippen LogP) is 3.33. The van der Waals surface area contributed by atoms with Crippen molar-refractivity contribution in [3.8, 4) is 0 Å². The third kappa shape index (κ3) is 3.67. The van der Waals surface area contributed by atoms with Crippen LogP contribution in [0.15, 0.2) is 60.9 Å². The molecule has 0 saturated heterocycles. The van der Waals surface area contributed by atoms with Crippen LogP contribution in [0.4, 0.5) is 0 Å². The molecule has 0 saturated carbocycles. The molecule has 4 rings (SSSR count). The summed E-state index contributed by atoms with van der Waals surface area (Å²) in [6.45, 7) is 0.494. The number of benzene rings is 2. The molecular formula is C21H22N4O. The smallest absolute Gasteiger partial charge is 0.251 e. The summed E-state index contributed by atoms with van der Waals surface area (Å²) in [4.78, 5) is 14.5. The fourth-order valence-corrected chi connectivity index (χ4v) is 3.54. The van der Waals surface area contributed by atoms with Crippen LogP contribution < -0.4 is 5.32 Å². The zero-order valence-electron chi connectivity index (χ0n) is 14.6. The van der Waals surface area contributed by atoms with Crippen molar-refractivity contribution < 1.29 is 4.79 Å². The summed E-state index contributed by atoms with van der Waals surface area (Å²) in [5, 5.41) is 11.5. The fourth-order valence-electron chi connectivity index (χ4n) is 3.54. The SMILES string of the molecule is O=C(NC(Cn1nccn1)c1ccccc1)c1ccc2c(c1)CCCC2. The van der Waals surface area contributed by atoms with E-state index in [1.165, 1.54) is 24.0 Å². The van der Waals surface area contributed by atoms with Gasteiger partial charge < -0.3 is 5.32 Å². The van der Waals surface area contributed by atoms with Crippen molar-refractivity contribution in [2.24, 2.45) is 0 Å². The van der Waals surface area contributed by atoms with Gasteiger partial charge in [0.15, 0.2) is 0 Å². The van der Waals surface area contributed by atoms with Gasteiger partial charge in [0.2, 0.25) is 0 Å². The first-order valence-electron chi connectivity index (χ1n) is 9.11. The molecule has 1 atom stereocenters. The van der Waals surface area contributed by atoms with Crippen molar-refractivity contribution in [3.05, 3.63) is 83.2 Å². The largest absolute Gasteiger partial charge is 0.343 e. The van der Waals surface area contributed by atoms with Crippen LogP contribution in [-0.2, 0) is 19.4 Å². The Hall–Kier alpha value is -2.95. The molecule has 5 nitrogen and oxygen atoms in total. The van der Waals surface area contributed by atoms with Crippen molar-refractivity contribution >= 4 is 5.91 Å². The van der Waals surface area contributed by atoms with Gasteiger partial charge in [-0.15, -0.1) is 0 Å². The number of carbonyl (C=O) groups is 1. The highest BCUT2D eigenvalue weighted by molar-refractivity contribution is 5.94. The van der Waals surface area contributed by atoms with Gasteiger partial charge in [-0.05, 0) is 54.5 Å². The summed E-state index contributed by atoms with van der Waals surface area (Å²) in [6, 6.07) is 15.9. The average molecular weight is 346 g/mol. The summed E-state index contributed by atoms with van der Waals surface area (Å²) in [5.74, 6) is -0.0561. The van der Waals surface area contributed by atoms with E-state index in [9.17, 15) is 4.79 Å². The molecule has 0 aliphatic heterocycles. The number of fused-ring (bicyclic) bond motifs is 1. The van der Waals surface area contributed by atoms with Crippen LogP contribution >= 0.6 is 0 Å². The number of hydrogen-bond acceptors (Lipinski definition) is 3. The van der Waals surface area contributed by atoms with Crippen LogP contribution in [-0.4, -0.2) is 20.9 Å². The van der Waals surface area contributed by atoms with Crippen molar-refractivity contribution in [2.45, 2.75) is 38.3 Å². The van der Waals surface area contributed by atoms with Crippen LogP contribution in [0.2, 0.25) is 0 Å². The van der Waals surface area contributed by atoms with Crippen LogP contribution in [0.1, 0.15) is 45.9 Å². The molecule has 2 aromatic carbocycles. The quantitative estimate of drug-likeness (QED) is 0.771. The molecule has 1 N–H and O–H groups in total. The average Bonchev–Trinajstić information content (AvgIpc) is 3.21. The van der Waals surface area contributed by atoms with Crippen LogP contribution in [0.3, 0.4) is 0 Å². The third-order valence-electron chi connectivity index (χ3n) is 4.93. The molecule has 1 amide bonds. The summed E-state index contributed by atoms with van der Waals surface area (Å²) in [7, 11) is 0. The second-order valence-electron chi connectivity index (χ2n) is 6.71. The Kier molecular flexibility index (Phi) is 4.78. The number of nitrogens with one attached hydrogen (secondary N) is 1. The lowest BCUT2D eigenvalue weighted by atomic mass is 9.90.